The topological polar surface area (TPSA) is 474 Å². The van der Waals surface area contributed by atoms with Crippen molar-refractivity contribution < 1.29 is 87.1 Å². The second-order valence-electron chi connectivity index (χ2n) is 21.7. The Kier molecular flexibility index (Phi) is 44.2. The number of carbonyl (C=O) groups is 13. The van der Waals surface area contributed by atoms with Gasteiger partial charge >= 0.3 is 11.9 Å². The van der Waals surface area contributed by atoms with Gasteiger partial charge < -0.3 is 84.1 Å². The van der Waals surface area contributed by atoms with Gasteiger partial charge in [-0.05, 0) is 32.1 Å². The quantitative estimate of drug-likeness (QED) is 0.0340. The summed E-state index contributed by atoms with van der Waals surface area (Å²) < 4.78 is 10.6. The monoisotopic (exact) mass is 1260 g/mol. The van der Waals surface area contributed by atoms with Crippen molar-refractivity contribution in [2.24, 2.45) is 22.4 Å². The molecule has 0 saturated heterocycles. The number of hydrogen-bond acceptors (Lipinski definition) is 18. The van der Waals surface area contributed by atoms with Crippen LogP contribution in [0.2, 0.25) is 0 Å². The lowest BCUT2D eigenvalue weighted by molar-refractivity contribution is -0.144. The Morgan fingerprint density at radius 3 is 1.63 bits per heavy atom. The first kappa shape index (κ1) is 79.6. The van der Waals surface area contributed by atoms with Gasteiger partial charge in [0.1, 0.15) is 36.8 Å². The van der Waals surface area contributed by atoms with Crippen molar-refractivity contribution in [1.82, 2.24) is 47.9 Å². The van der Waals surface area contributed by atoms with E-state index in [1.807, 2.05) is 6.92 Å². The zero-order chi connectivity index (χ0) is 66.2. The van der Waals surface area contributed by atoms with Gasteiger partial charge in [0.15, 0.2) is 5.78 Å². The van der Waals surface area contributed by atoms with Gasteiger partial charge in [-0.15, -0.1) is 0 Å². The summed E-state index contributed by atoms with van der Waals surface area (Å²) in [5.41, 5.74) is 11.6. The first-order chi connectivity index (χ1) is 42.6. The number of nitrogens with zero attached hydrogens (tertiary/aromatic N) is 1. The highest BCUT2D eigenvalue weighted by Gasteiger charge is 2.33. The molecule has 0 aromatic rings. The van der Waals surface area contributed by atoms with Crippen LogP contribution in [0, 0.1) is 5.92 Å². The zero-order valence-corrected chi connectivity index (χ0v) is 51.9. The Morgan fingerprint density at radius 1 is 0.551 bits per heavy atom. The molecule has 30 nitrogen and oxygen atoms in total. The highest BCUT2D eigenvalue weighted by atomic mass is 16.5. The average molecular weight is 1270 g/mol. The van der Waals surface area contributed by atoms with E-state index in [0.717, 1.165) is 57.8 Å². The number of hydrogen-bond donors (Lipinski definition) is 14. The molecule has 0 unspecified atom stereocenters. The second-order valence-corrected chi connectivity index (χ2v) is 21.7. The standard InChI is InChI=1S/C59H100N12O18/c1-3-4-21-43(54(81)62-2)68-57(84)46(35-60)71-56(83)45(34-41-20-19-28-63-41)70-55(82)44(25-26-48(61)74)69-58(85)47(38-72)67-51(77)37-66-52(78)39-89-32-31-88-30-29-64-50(76)27-24-40(59(86)87)33-42(73)36-65-49(75)22-17-15-13-11-9-7-5-6-8-10-12-14-16-18-23-53(79)80/h20,28,40,43-47,72H,3-19,21-27,29-39,60H2,1-2H3,(H2,61,74)(H,62,81)(H,64,76)(H,65,75)(H,66,78)(H,67,77)(H,68,84)(H,69,85)(H,70,82)(H,71,83)(H,79,80)(H,86,87)/t40-,43+,44+,45+,46+,47+/m1/s1. The zero-order valence-electron chi connectivity index (χ0n) is 51.9. The molecular formula is C59H100N12O18. The van der Waals surface area contributed by atoms with E-state index < -0.39 is 140 Å². The number of primary amides is 1. The van der Waals surface area contributed by atoms with Crippen LogP contribution in [0.5, 0.6) is 0 Å². The molecule has 0 aromatic carbocycles. The van der Waals surface area contributed by atoms with Crippen molar-refractivity contribution in [2.75, 3.05) is 66.3 Å². The van der Waals surface area contributed by atoms with Crippen LogP contribution < -0.4 is 59.3 Å². The fourth-order valence-electron chi connectivity index (χ4n) is 9.03. The van der Waals surface area contributed by atoms with Crippen LogP contribution in [0.25, 0.3) is 0 Å². The number of carboxylic acids is 2. The number of rotatable bonds is 55. The molecule has 16 N–H and O–H groups in total. The van der Waals surface area contributed by atoms with Crippen LogP contribution in [0.15, 0.2) is 16.8 Å². The van der Waals surface area contributed by atoms with Crippen molar-refractivity contribution in [3.63, 3.8) is 0 Å². The van der Waals surface area contributed by atoms with Crippen molar-refractivity contribution >= 4 is 83.0 Å². The maximum absolute atomic E-state index is 13.8. The van der Waals surface area contributed by atoms with E-state index in [-0.39, 0.29) is 83.8 Å². The third-order valence-electron chi connectivity index (χ3n) is 14.2. The molecule has 89 heavy (non-hydrogen) atoms. The summed E-state index contributed by atoms with van der Waals surface area (Å²) in [4.78, 5) is 167. The minimum atomic E-state index is -1.68. The number of likely N-dealkylation sites (N-methyl/N-ethyl adjacent to an activating group) is 1. The number of nitrogens with two attached hydrogens (primary N) is 2. The molecule has 0 fully saturated rings. The molecule has 0 aliphatic carbocycles. The number of carboxylic acid groups (broad SMARTS) is 2. The van der Waals surface area contributed by atoms with Gasteiger partial charge in [0.25, 0.3) is 0 Å². The van der Waals surface area contributed by atoms with E-state index >= 15 is 0 Å². The Labute approximate surface area is 520 Å². The normalized spacial score (nSPS) is 13.6. The van der Waals surface area contributed by atoms with Crippen molar-refractivity contribution in [3.8, 4) is 0 Å². The van der Waals surface area contributed by atoms with Gasteiger partial charge in [0.2, 0.25) is 59.1 Å². The fraction of sp³-hybridized carbons (Fsp3) is 0.729. The van der Waals surface area contributed by atoms with Crippen LogP contribution in [0.3, 0.4) is 0 Å². The fourth-order valence-corrected chi connectivity index (χ4v) is 9.03. The number of Topliss-reactive ketones (excluding diaryl/α,β-unsaturated/α-hetero) is 1. The van der Waals surface area contributed by atoms with Crippen LogP contribution in [-0.2, 0) is 71.8 Å². The van der Waals surface area contributed by atoms with Crippen LogP contribution in [0.4, 0.5) is 0 Å². The van der Waals surface area contributed by atoms with E-state index in [9.17, 15) is 72.5 Å². The summed E-state index contributed by atoms with van der Waals surface area (Å²) in [6.45, 7) is -0.946. The van der Waals surface area contributed by atoms with E-state index in [1.165, 1.54) is 39.2 Å². The van der Waals surface area contributed by atoms with Crippen LogP contribution in [0.1, 0.15) is 174 Å². The Hall–Kier alpha value is -7.44. The number of aliphatic carboxylic acids is 2. The average Bonchev–Trinajstić information content (AvgIpc) is 4.00. The lowest BCUT2D eigenvalue weighted by Gasteiger charge is -2.26. The lowest BCUT2D eigenvalue weighted by Crippen LogP contribution is -2.60. The molecular weight excluding hydrogens is 1160 g/mol. The second kappa shape index (κ2) is 49.4. The summed E-state index contributed by atoms with van der Waals surface area (Å²) in [6.07, 6.45) is 19.0. The SMILES string of the molecule is CCCC[C@H](NC(=O)[C@H](CN)NC(=O)[C@H](CC1=CCC=N1)NC(=O)[C@H](CCC(N)=O)NC(=O)[C@H](CO)NC(=O)CNC(=O)COCCOCCNC(=O)CC[C@H](CC(=O)CNC(=O)CCCCCCCCCCCCCCCCC(=O)O)C(=O)O)C(=O)NC. The molecule has 0 spiro atoms. The molecule has 0 saturated carbocycles. The minimum Gasteiger partial charge on any atom is -0.481 e. The number of allylic oxidation sites excluding steroid dienone is 1. The molecule has 1 aliphatic heterocycles. The van der Waals surface area contributed by atoms with Gasteiger partial charge in [-0.2, -0.15) is 0 Å². The van der Waals surface area contributed by atoms with Crippen LogP contribution >= 0.6 is 0 Å². The van der Waals surface area contributed by atoms with Crippen molar-refractivity contribution in [2.45, 2.75) is 204 Å². The van der Waals surface area contributed by atoms with Crippen molar-refractivity contribution in [1.29, 1.82) is 0 Å². The van der Waals surface area contributed by atoms with Crippen LogP contribution in [-0.4, -0.2) is 195 Å². The Morgan fingerprint density at radius 2 is 1.08 bits per heavy atom. The first-order valence-electron chi connectivity index (χ1n) is 31.1. The predicted octanol–water partition coefficient (Wildman–Crippen LogP) is -0.540. The summed E-state index contributed by atoms with van der Waals surface area (Å²) in [7, 11) is 1.41. The van der Waals surface area contributed by atoms with Gasteiger partial charge in [-0.1, -0.05) is 103 Å². The third-order valence-corrected chi connectivity index (χ3v) is 14.2. The summed E-state index contributed by atoms with van der Waals surface area (Å²) >= 11 is 0. The number of aliphatic imine (C=N–C) groups is 1. The predicted molar refractivity (Wildman–Crippen MR) is 326 cm³/mol. The largest absolute Gasteiger partial charge is 0.481 e. The molecule has 1 rings (SSSR count). The van der Waals surface area contributed by atoms with Gasteiger partial charge in [0, 0.05) is 77.0 Å². The maximum Gasteiger partial charge on any atom is 0.306 e. The Bertz CT molecular complexity index is 2300. The number of ketones is 1. The lowest BCUT2D eigenvalue weighted by atomic mass is 9.96. The van der Waals surface area contributed by atoms with Gasteiger partial charge in [0.05, 0.1) is 45.4 Å². The third kappa shape index (κ3) is 39.9. The number of aliphatic hydroxyl groups excluding tert-OH is 1. The number of unbranched alkanes of at least 4 members (excludes halogenated alkanes) is 14. The van der Waals surface area contributed by atoms with E-state index in [1.54, 1.807) is 12.3 Å². The van der Waals surface area contributed by atoms with E-state index in [2.05, 4.69) is 52.8 Å². The number of ether oxygens (including phenoxy) is 2. The molecule has 0 bridgehead atoms. The molecule has 6 atom stereocenters. The maximum atomic E-state index is 13.8. The minimum absolute atomic E-state index is 0.00578. The summed E-state index contributed by atoms with van der Waals surface area (Å²) in [6, 6.07) is -6.93. The number of nitrogens with one attached hydrogen (secondary N) is 9. The van der Waals surface area contributed by atoms with E-state index in [4.69, 9.17) is 26.0 Å². The number of carbonyl (C=O) groups excluding carboxylic acids is 11. The molecule has 0 radical (unpaired) electrons. The van der Waals surface area contributed by atoms with E-state index in [0.29, 0.717) is 31.4 Å². The molecule has 10 amide bonds. The number of amides is 10. The molecule has 30 heteroatoms. The van der Waals surface area contributed by atoms with Gasteiger partial charge in [-0.3, -0.25) is 67.3 Å². The summed E-state index contributed by atoms with van der Waals surface area (Å²) in [5.74, 6) is -11.0. The molecule has 1 aliphatic rings. The molecule has 504 valence electrons. The highest BCUT2D eigenvalue weighted by Crippen LogP contribution is 2.17. The summed E-state index contributed by atoms with van der Waals surface area (Å²) in [5, 5.41) is 50.4. The highest BCUT2D eigenvalue weighted by molar-refractivity contribution is 5.97. The smallest absolute Gasteiger partial charge is 0.306 e. The van der Waals surface area contributed by atoms with Crippen molar-refractivity contribution in [3.05, 3.63) is 11.8 Å². The first-order valence-corrected chi connectivity index (χ1v) is 31.1. The molecule has 1 heterocycles. The van der Waals surface area contributed by atoms with Gasteiger partial charge in [-0.25, -0.2) is 0 Å². The molecule has 0 aromatic heterocycles. The Balaban J connectivity index is 2.44. The number of aliphatic hydroxyl groups is 1.